The number of rotatable bonds is 2. The summed E-state index contributed by atoms with van der Waals surface area (Å²) < 4.78 is 10.5. The van der Waals surface area contributed by atoms with Gasteiger partial charge < -0.3 is 9.47 Å². The number of ether oxygens (including phenoxy) is 2. The van der Waals surface area contributed by atoms with Crippen LogP contribution >= 0.6 is 0 Å². The van der Waals surface area contributed by atoms with Crippen LogP contribution in [0.15, 0.2) is 30.4 Å². The van der Waals surface area contributed by atoms with E-state index in [4.69, 9.17) is 9.47 Å². The first kappa shape index (κ1) is 16.0. The Morgan fingerprint density at radius 1 is 1.30 bits per heavy atom. The van der Waals surface area contributed by atoms with Crippen LogP contribution in [0.3, 0.4) is 0 Å². The standard InChI is InChI=1S/C18H22O4Si/c1-21-17(19)12-8-5-7-11-15(12)18(20)22-13-9-6-10-14(16(11)13)23(2,3)4/h5-7,9-12,15H,8H2,1-4H3/t11-,12-,15-/m0/s1. The van der Waals surface area contributed by atoms with Gasteiger partial charge in [0, 0.05) is 11.5 Å². The smallest absolute Gasteiger partial charge is 0.316 e. The SMILES string of the molecule is COC(=O)[C@H]1CC=C[C@@H]2c3c(cccc3[Si](C)(C)C)OC(=O)[C@H]12. The summed E-state index contributed by atoms with van der Waals surface area (Å²) in [5.74, 6) is -1.08. The number of esters is 2. The molecule has 23 heavy (non-hydrogen) atoms. The minimum Gasteiger partial charge on any atom is -0.469 e. The van der Waals surface area contributed by atoms with Gasteiger partial charge in [-0.2, -0.15) is 0 Å². The van der Waals surface area contributed by atoms with Crippen LogP contribution in [0.25, 0.3) is 0 Å². The second-order valence-corrected chi connectivity index (χ2v) is 12.3. The maximum absolute atomic E-state index is 12.5. The topological polar surface area (TPSA) is 52.6 Å². The van der Waals surface area contributed by atoms with Crippen molar-refractivity contribution in [3.63, 3.8) is 0 Å². The van der Waals surface area contributed by atoms with Gasteiger partial charge in [0.2, 0.25) is 0 Å². The van der Waals surface area contributed by atoms with Gasteiger partial charge >= 0.3 is 11.9 Å². The lowest BCUT2D eigenvalue weighted by Gasteiger charge is -2.38. The Morgan fingerprint density at radius 3 is 2.70 bits per heavy atom. The van der Waals surface area contributed by atoms with Gasteiger partial charge in [-0.3, -0.25) is 9.59 Å². The van der Waals surface area contributed by atoms with Gasteiger partial charge in [0.15, 0.2) is 0 Å². The van der Waals surface area contributed by atoms with Crippen LogP contribution < -0.4 is 9.92 Å². The third-order valence-electron chi connectivity index (χ3n) is 4.75. The summed E-state index contributed by atoms with van der Waals surface area (Å²) in [6.07, 6.45) is 4.58. The maximum Gasteiger partial charge on any atom is 0.316 e. The molecule has 0 radical (unpaired) electrons. The number of hydrogen-bond donors (Lipinski definition) is 0. The molecule has 0 spiro atoms. The van der Waals surface area contributed by atoms with Crippen molar-refractivity contribution < 1.29 is 19.1 Å². The Hall–Kier alpha value is -1.88. The number of benzene rings is 1. The van der Waals surface area contributed by atoms with Crippen LogP contribution in [0.5, 0.6) is 5.75 Å². The second-order valence-electron chi connectivity index (χ2n) is 7.23. The zero-order chi connectivity index (χ0) is 16.8. The quantitative estimate of drug-likeness (QED) is 0.362. The van der Waals surface area contributed by atoms with E-state index in [1.165, 1.54) is 12.3 Å². The summed E-state index contributed by atoms with van der Waals surface area (Å²) in [4.78, 5) is 24.6. The average molecular weight is 330 g/mol. The van der Waals surface area contributed by atoms with E-state index in [1.807, 2.05) is 18.2 Å². The molecule has 1 aromatic rings. The fourth-order valence-electron chi connectivity index (χ4n) is 3.68. The molecule has 1 aliphatic carbocycles. The van der Waals surface area contributed by atoms with Gasteiger partial charge in [-0.25, -0.2) is 0 Å². The first-order valence-electron chi connectivity index (χ1n) is 7.94. The van der Waals surface area contributed by atoms with Crippen LogP contribution in [0.2, 0.25) is 19.6 Å². The van der Waals surface area contributed by atoms with Gasteiger partial charge in [0.25, 0.3) is 0 Å². The van der Waals surface area contributed by atoms with Crippen LogP contribution in [-0.2, 0) is 14.3 Å². The van der Waals surface area contributed by atoms with E-state index < -0.39 is 19.9 Å². The number of carbonyl (C=O) groups excluding carboxylic acids is 2. The molecule has 122 valence electrons. The van der Waals surface area contributed by atoms with E-state index in [9.17, 15) is 9.59 Å². The largest absolute Gasteiger partial charge is 0.469 e. The molecule has 3 atom stereocenters. The van der Waals surface area contributed by atoms with Crippen molar-refractivity contribution in [3.05, 3.63) is 35.9 Å². The molecular formula is C18H22O4Si. The second kappa shape index (κ2) is 5.64. The highest BCUT2D eigenvalue weighted by atomic mass is 28.3. The van der Waals surface area contributed by atoms with Crippen molar-refractivity contribution in [2.24, 2.45) is 11.8 Å². The van der Waals surface area contributed by atoms with Crippen LogP contribution in [0.1, 0.15) is 17.9 Å². The van der Waals surface area contributed by atoms with Gasteiger partial charge in [-0.15, -0.1) is 0 Å². The fourth-order valence-corrected chi connectivity index (χ4v) is 5.37. The van der Waals surface area contributed by atoms with Crippen molar-refractivity contribution in [2.75, 3.05) is 7.11 Å². The third kappa shape index (κ3) is 2.63. The molecule has 0 aromatic heterocycles. The summed E-state index contributed by atoms with van der Waals surface area (Å²) in [7, 11) is -0.244. The van der Waals surface area contributed by atoms with E-state index in [1.54, 1.807) is 0 Å². The summed E-state index contributed by atoms with van der Waals surface area (Å²) in [5.41, 5.74) is 1.08. The Labute approximate surface area is 137 Å². The van der Waals surface area contributed by atoms with Crippen molar-refractivity contribution in [2.45, 2.75) is 32.0 Å². The predicted octanol–water partition coefficient (Wildman–Crippen LogP) is 2.60. The van der Waals surface area contributed by atoms with Crippen molar-refractivity contribution in [1.29, 1.82) is 0 Å². The molecule has 3 rings (SSSR count). The van der Waals surface area contributed by atoms with Crippen LogP contribution in [0, 0.1) is 11.8 Å². The monoisotopic (exact) mass is 330 g/mol. The van der Waals surface area contributed by atoms with Crippen molar-refractivity contribution in [3.8, 4) is 5.75 Å². The van der Waals surface area contributed by atoms with Gasteiger partial charge in [0.1, 0.15) is 5.75 Å². The molecule has 0 fully saturated rings. The third-order valence-corrected chi connectivity index (χ3v) is 6.80. The molecule has 0 unspecified atom stereocenters. The highest BCUT2D eigenvalue weighted by molar-refractivity contribution is 6.89. The summed E-state index contributed by atoms with van der Waals surface area (Å²) in [6.45, 7) is 6.83. The number of fused-ring (bicyclic) bond motifs is 3. The lowest BCUT2D eigenvalue weighted by molar-refractivity contribution is -0.156. The highest BCUT2D eigenvalue weighted by Gasteiger charge is 2.47. The molecule has 0 saturated carbocycles. The molecule has 1 aliphatic heterocycles. The lowest BCUT2D eigenvalue weighted by atomic mass is 9.71. The van der Waals surface area contributed by atoms with Crippen molar-refractivity contribution in [1.82, 2.24) is 0 Å². The molecule has 5 heteroatoms. The molecule has 0 amide bonds. The molecule has 1 aromatic carbocycles. The van der Waals surface area contributed by atoms with Crippen LogP contribution in [-0.4, -0.2) is 27.1 Å². The molecule has 0 bridgehead atoms. The highest BCUT2D eigenvalue weighted by Crippen LogP contribution is 2.45. The molecule has 1 heterocycles. The Bertz CT molecular complexity index is 687. The number of allylic oxidation sites excluding steroid dienone is 2. The first-order valence-corrected chi connectivity index (χ1v) is 11.4. The molecule has 4 nitrogen and oxygen atoms in total. The predicted molar refractivity (Wildman–Crippen MR) is 90.6 cm³/mol. The Kier molecular flexibility index (Phi) is 3.92. The summed E-state index contributed by atoms with van der Waals surface area (Å²) in [5, 5.41) is 1.28. The normalized spacial score (nSPS) is 26.1. The van der Waals surface area contributed by atoms with E-state index in [2.05, 4.69) is 31.8 Å². The lowest BCUT2D eigenvalue weighted by Crippen LogP contribution is -2.47. The fraction of sp³-hybridized carbons (Fsp3) is 0.444. The van der Waals surface area contributed by atoms with Gasteiger partial charge in [-0.1, -0.05) is 49.1 Å². The first-order chi connectivity index (χ1) is 10.8. The Balaban J connectivity index is 2.15. The average Bonchev–Trinajstić information content (AvgIpc) is 2.52. The van der Waals surface area contributed by atoms with Gasteiger partial charge in [-0.05, 0) is 12.5 Å². The molecule has 2 aliphatic rings. The van der Waals surface area contributed by atoms with Crippen molar-refractivity contribution >= 4 is 25.2 Å². The molecule has 0 N–H and O–H groups in total. The van der Waals surface area contributed by atoms with E-state index >= 15 is 0 Å². The number of methoxy groups -OCH3 is 1. The zero-order valence-corrected chi connectivity index (χ0v) is 15.0. The minimum atomic E-state index is -1.61. The zero-order valence-electron chi connectivity index (χ0n) is 14.0. The minimum absolute atomic E-state index is 0.105. The van der Waals surface area contributed by atoms with E-state index in [0.717, 1.165) is 5.56 Å². The van der Waals surface area contributed by atoms with Gasteiger partial charge in [0.05, 0.1) is 27.0 Å². The van der Waals surface area contributed by atoms with E-state index in [0.29, 0.717) is 12.2 Å². The maximum atomic E-state index is 12.5. The molecule has 0 saturated heterocycles. The van der Waals surface area contributed by atoms with E-state index in [-0.39, 0.29) is 17.9 Å². The molecular weight excluding hydrogens is 308 g/mol. The number of hydrogen-bond acceptors (Lipinski definition) is 4. The number of carbonyl (C=O) groups is 2. The summed E-state index contributed by atoms with van der Waals surface area (Å²) >= 11 is 0. The summed E-state index contributed by atoms with van der Waals surface area (Å²) in [6, 6.07) is 5.93. The Morgan fingerprint density at radius 2 is 2.04 bits per heavy atom. The van der Waals surface area contributed by atoms with Crippen LogP contribution in [0.4, 0.5) is 0 Å².